The van der Waals surface area contributed by atoms with Crippen LogP contribution in [0.15, 0.2) is 4.99 Å². The van der Waals surface area contributed by atoms with Gasteiger partial charge in [-0.25, -0.2) is 0 Å². The first-order valence-electron chi connectivity index (χ1n) is 4.29. The zero-order valence-corrected chi connectivity index (χ0v) is 8.04. The van der Waals surface area contributed by atoms with Gasteiger partial charge < -0.3 is 16.2 Å². The minimum atomic E-state index is 0.000278. The number of aliphatic hydroxyl groups is 1. The number of nitrogens with zero attached hydrogens (tertiary/aromatic N) is 1. The number of nitrogens with two attached hydrogens (primary N) is 1. The van der Waals surface area contributed by atoms with Gasteiger partial charge in [0, 0.05) is 6.54 Å². The molecule has 0 heterocycles. The molecule has 0 aliphatic carbocycles. The fourth-order valence-electron chi connectivity index (χ4n) is 0.829. The monoisotopic (exact) mass is 173 g/mol. The lowest BCUT2D eigenvalue weighted by Crippen LogP contribution is -2.45. The molecule has 1 atom stereocenters. The molecule has 0 aromatic rings. The molecule has 0 amide bonds. The van der Waals surface area contributed by atoms with Gasteiger partial charge in [0.1, 0.15) is 0 Å². The number of aliphatic imine (C=N–C) groups is 1. The van der Waals surface area contributed by atoms with Crippen molar-refractivity contribution in [3.63, 3.8) is 0 Å². The summed E-state index contributed by atoms with van der Waals surface area (Å²) in [4.78, 5) is 3.97. The van der Waals surface area contributed by atoms with Gasteiger partial charge in [-0.05, 0) is 12.8 Å². The normalized spacial score (nSPS) is 14.9. The molecule has 0 saturated heterocycles. The SMILES string of the molecule is CCN=C(N)NC(CO)C(C)C. The van der Waals surface area contributed by atoms with E-state index in [9.17, 15) is 0 Å². The van der Waals surface area contributed by atoms with Crippen LogP contribution >= 0.6 is 0 Å². The minimum Gasteiger partial charge on any atom is -0.394 e. The minimum absolute atomic E-state index is 0.000278. The van der Waals surface area contributed by atoms with Gasteiger partial charge >= 0.3 is 0 Å². The van der Waals surface area contributed by atoms with Crippen LogP contribution in [0.3, 0.4) is 0 Å². The molecule has 0 aliphatic heterocycles. The summed E-state index contributed by atoms with van der Waals surface area (Å²) in [6.45, 7) is 6.70. The standard InChI is InChI=1S/C8H19N3O/c1-4-10-8(9)11-7(5-12)6(2)3/h6-7,12H,4-5H2,1-3H3,(H3,9,10,11). The van der Waals surface area contributed by atoms with Crippen molar-refractivity contribution < 1.29 is 5.11 Å². The van der Waals surface area contributed by atoms with E-state index in [1.807, 2.05) is 20.8 Å². The van der Waals surface area contributed by atoms with E-state index in [1.165, 1.54) is 0 Å². The summed E-state index contributed by atoms with van der Waals surface area (Å²) in [6.07, 6.45) is 0. The van der Waals surface area contributed by atoms with E-state index in [1.54, 1.807) is 0 Å². The Labute approximate surface area is 73.9 Å². The number of nitrogens with one attached hydrogen (secondary N) is 1. The van der Waals surface area contributed by atoms with Crippen molar-refractivity contribution in [2.75, 3.05) is 13.2 Å². The highest BCUT2D eigenvalue weighted by Gasteiger charge is 2.11. The van der Waals surface area contributed by atoms with Crippen LogP contribution in [0, 0.1) is 5.92 Å². The molecule has 0 bridgehead atoms. The third kappa shape index (κ3) is 4.18. The molecule has 0 fully saturated rings. The van der Waals surface area contributed by atoms with Crippen molar-refractivity contribution in [1.29, 1.82) is 0 Å². The molecular formula is C8H19N3O. The van der Waals surface area contributed by atoms with Gasteiger partial charge in [-0.1, -0.05) is 13.8 Å². The lowest BCUT2D eigenvalue weighted by atomic mass is 10.1. The van der Waals surface area contributed by atoms with E-state index in [0.29, 0.717) is 18.4 Å². The third-order valence-electron chi connectivity index (χ3n) is 1.66. The Kier molecular flexibility index (Phi) is 5.45. The number of aliphatic hydroxyl groups excluding tert-OH is 1. The fourth-order valence-corrected chi connectivity index (χ4v) is 0.829. The van der Waals surface area contributed by atoms with E-state index in [4.69, 9.17) is 10.8 Å². The van der Waals surface area contributed by atoms with Crippen LogP contribution in [0.1, 0.15) is 20.8 Å². The summed E-state index contributed by atoms with van der Waals surface area (Å²) >= 11 is 0. The van der Waals surface area contributed by atoms with Gasteiger partial charge in [-0.15, -0.1) is 0 Å². The number of guanidine groups is 1. The topological polar surface area (TPSA) is 70.6 Å². The molecule has 1 unspecified atom stereocenters. The second kappa shape index (κ2) is 5.83. The first-order valence-corrected chi connectivity index (χ1v) is 4.29. The molecule has 0 aromatic carbocycles. The van der Waals surface area contributed by atoms with Gasteiger partial charge in [0.15, 0.2) is 5.96 Å². The lowest BCUT2D eigenvalue weighted by Gasteiger charge is -2.20. The van der Waals surface area contributed by atoms with Gasteiger partial charge in [0.05, 0.1) is 12.6 Å². The summed E-state index contributed by atoms with van der Waals surface area (Å²) < 4.78 is 0. The maximum absolute atomic E-state index is 8.94. The summed E-state index contributed by atoms with van der Waals surface area (Å²) in [5.74, 6) is 0.755. The molecule has 0 saturated carbocycles. The molecule has 4 nitrogen and oxygen atoms in total. The van der Waals surface area contributed by atoms with Crippen molar-refractivity contribution >= 4 is 5.96 Å². The Bertz CT molecular complexity index is 145. The van der Waals surface area contributed by atoms with E-state index >= 15 is 0 Å². The van der Waals surface area contributed by atoms with Gasteiger partial charge in [-0.3, -0.25) is 4.99 Å². The Morgan fingerprint density at radius 2 is 2.17 bits per heavy atom. The van der Waals surface area contributed by atoms with Crippen LogP contribution in [0.2, 0.25) is 0 Å². The van der Waals surface area contributed by atoms with Crippen molar-refractivity contribution in [2.24, 2.45) is 16.6 Å². The number of hydrogen-bond donors (Lipinski definition) is 3. The highest BCUT2D eigenvalue weighted by atomic mass is 16.3. The largest absolute Gasteiger partial charge is 0.394 e. The quantitative estimate of drug-likeness (QED) is 0.411. The van der Waals surface area contributed by atoms with Crippen molar-refractivity contribution in [3.05, 3.63) is 0 Å². The van der Waals surface area contributed by atoms with Gasteiger partial charge in [0.2, 0.25) is 0 Å². The molecule has 72 valence electrons. The first-order chi connectivity index (χ1) is 5.61. The lowest BCUT2D eigenvalue weighted by molar-refractivity contribution is 0.226. The molecule has 12 heavy (non-hydrogen) atoms. The molecule has 4 N–H and O–H groups in total. The van der Waals surface area contributed by atoms with Crippen LogP contribution in [0.4, 0.5) is 0 Å². The maximum atomic E-state index is 8.94. The summed E-state index contributed by atoms with van der Waals surface area (Å²) in [7, 11) is 0. The zero-order valence-electron chi connectivity index (χ0n) is 8.04. The van der Waals surface area contributed by atoms with Crippen molar-refractivity contribution in [1.82, 2.24) is 5.32 Å². The maximum Gasteiger partial charge on any atom is 0.188 e. The number of hydrogen-bond acceptors (Lipinski definition) is 2. The zero-order chi connectivity index (χ0) is 9.56. The predicted octanol–water partition coefficient (Wildman–Crippen LogP) is -0.0725. The average molecular weight is 173 g/mol. The van der Waals surface area contributed by atoms with Crippen LogP contribution < -0.4 is 11.1 Å². The van der Waals surface area contributed by atoms with Crippen LogP contribution in [0.5, 0.6) is 0 Å². The van der Waals surface area contributed by atoms with E-state index in [-0.39, 0.29) is 12.6 Å². The van der Waals surface area contributed by atoms with E-state index < -0.39 is 0 Å². The molecular weight excluding hydrogens is 154 g/mol. The second-order valence-electron chi connectivity index (χ2n) is 3.04. The van der Waals surface area contributed by atoms with Crippen LogP contribution in [-0.4, -0.2) is 30.3 Å². The van der Waals surface area contributed by atoms with E-state index in [0.717, 1.165) is 0 Å². The third-order valence-corrected chi connectivity index (χ3v) is 1.66. The number of rotatable bonds is 4. The first kappa shape index (κ1) is 11.2. The molecule has 0 aromatic heterocycles. The average Bonchev–Trinajstić information content (AvgIpc) is 2.00. The Balaban J connectivity index is 3.93. The highest BCUT2D eigenvalue weighted by Crippen LogP contribution is 1.99. The van der Waals surface area contributed by atoms with Crippen molar-refractivity contribution in [2.45, 2.75) is 26.8 Å². The van der Waals surface area contributed by atoms with E-state index in [2.05, 4.69) is 10.3 Å². The summed E-state index contributed by atoms with van der Waals surface area (Å²) in [6, 6.07) is 0.000278. The Morgan fingerprint density at radius 3 is 2.50 bits per heavy atom. The summed E-state index contributed by atoms with van der Waals surface area (Å²) in [5.41, 5.74) is 5.53. The predicted molar refractivity (Wildman–Crippen MR) is 51.0 cm³/mol. The molecule has 0 spiro atoms. The fraction of sp³-hybridized carbons (Fsp3) is 0.875. The van der Waals surface area contributed by atoms with Crippen LogP contribution in [0.25, 0.3) is 0 Å². The van der Waals surface area contributed by atoms with Gasteiger partial charge in [-0.2, -0.15) is 0 Å². The smallest absolute Gasteiger partial charge is 0.188 e. The molecule has 0 aliphatic rings. The van der Waals surface area contributed by atoms with Crippen molar-refractivity contribution in [3.8, 4) is 0 Å². The van der Waals surface area contributed by atoms with Gasteiger partial charge in [0.25, 0.3) is 0 Å². The highest BCUT2D eigenvalue weighted by molar-refractivity contribution is 5.78. The molecule has 0 rings (SSSR count). The molecule has 0 radical (unpaired) electrons. The molecule has 4 heteroatoms. The second-order valence-corrected chi connectivity index (χ2v) is 3.04. The Hall–Kier alpha value is -0.770. The summed E-state index contributed by atoms with van der Waals surface area (Å²) in [5, 5.41) is 11.9. The van der Waals surface area contributed by atoms with Crippen LogP contribution in [-0.2, 0) is 0 Å². The Morgan fingerprint density at radius 1 is 1.58 bits per heavy atom.